The molecule has 0 aromatic heterocycles. The van der Waals surface area contributed by atoms with Crippen LogP contribution in [0.3, 0.4) is 0 Å². The van der Waals surface area contributed by atoms with Gasteiger partial charge in [0.05, 0.1) is 12.5 Å². The number of carboxylic acid groups (broad SMARTS) is 1. The van der Waals surface area contributed by atoms with Crippen LogP contribution >= 0.6 is 27.7 Å². The molecule has 1 saturated heterocycles. The Labute approximate surface area is 158 Å². The summed E-state index contributed by atoms with van der Waals surface area (Å²) in [6.45, 7) is 0.408. The van der Waals surface area contributed by atoms with Crippen molar-refractivity contribution in [2.75, 3.05) is 12.9 Å². The predicted octanol–water partition coefficient (Wildman–Crippen LogP) is 3.82. The summed E-state index contributed by atoms with van der Waals surface area (Å²) in [5, 5.41) is 12.2. The highest BCUT2D eigenvalue weighted by Gasteiger charge is 2.33. The third kappa shape index (κ3) is 4.29. The van der Waals surface area contributed by atoms with Crippen molar-refractivity contribution in [1.82, 2.24) is 5.32 Å². The number of aliphatic carboxylic acids is 1. The topological polar surface area (TPSA) is 67.8 Å². The van der Waals surface area contributed by atoms with E-state index in [0.717, 1.165) is 15.6 Å². The van der Waals surface area contributed by atoms with Crippen LogP contribution in [0.4, 0.5) is 0 Å². The molecule has 0 saturated carbocycles. The maximum atomic E-state index is 11.2. The van der Waals surface area contributed by atoms with Crippen molar-refractivity contribution in [3.63, 3.8) is 0 Å². The van der Waals surface area contributed by atoms with E-state index in [-0.39, 0.29) is 5.37 Å². The number of benzene rings is 2. The molecule has 1 aliphatic heterocycles. The molecule has 2 aromatic carbocycles. The molecule has 5 nitrogen and oxygen atoms in total. The van der Waals surface area contributed by atoms with Crippen molar-refractivity contribution in [2.45, 2.75) is 18.0 Å². The summed E-state index contributed by atoms with van der Waals surface area (Å²) in [4.78, 5) is 11.2. The lowest BCUT2D eigenvalue weighted by Crippen LogP contribution is -2.33. The van der Waals surface area contributed by atoms with Gasteiger partial charge < -0.3 is 14.6 Å². The van der Waals surface area contributed by atoms with Gasteiger partial charge in [-0.2, -0.15) is 0 Å². The zero-order valence-electron chi connectivity index (χ0n) is 13.6. The van der Waals surface area contributed by atoms with Gasteiger partial charge in [-0.05, 0) is 17.7 Å². The Bertz CT molecular complexity index is 756. The summed E-state index contributed by atoms with van der Waals surface area (Å²) in [6.07, 6.45) is 0. The van der Waals surface area contributed by atoms with Crippen LogP contribution < -0.4 is 14.8 Å². The number of ether oxygens (including phenoxy) is 2. The lowest BCUT2D eigenvalue weighted by atomic mass is 10.1. The van der Waals surface area contributed by atoms with Gasteiger partial charge in [0, 0.05) is 15.8 Å². The Kier molecular flexibility index (Phi) is 5.88. The van der Waals surface area contributed by atoms with E-state index >= 15 is 0 Å². The molecule has 0 bridgehead atoms. The lowest BCUT2D eigenvalue weighted by Gasteiger charge is -2.20. The van der Waals surface area contributed by atoms with Crippen LogP contribution in [0, 0.1) is 0 Å². The Morgan fingerprint density at radius 1 is 1.36 bits per heavy atom. The van der Waals surface area contributed by atoms with E-state index in [1.54, 1.807) is 18.9 Å². The average Bonchev–Trinajstić information content (AvgIpc) is 3.11. The number of hydrogen-bond donors (Lipinski definition) is 2. The quantitative estimate of drug-likeness (QED) is 0.735. The lowest BCUT2D eigenvalue weighted by molar-refractivity contribution is -0.138. The van der Waals surface area contributed by atoms with Crippen LogP contribution in [0.25, 0.3) is 0 Å². The highest BCUT2D eigenvalue weighted by atomic mass is 79.9. The van der Waals surface area contributed by atoms with Crippen molar-refractivity contribution < 1.29 is 19.4 Å². The molecule has 1 aliphatic rings. The molecule has 2 atom stereocenters. The molecule has 25 heavy (non-hydrogen) atoms. The van der Waals surface area contributed by atoms with E-state index in [1.807, 2.05) is 42.5 Å². The molecule has 1 fully saturated rings. The molecule has 1 heterocycles. The fourth-order valence-corrected chi connectivity index (χ4v) is 4.31. The summed E-state index contributed by atoms with van der Waals surface area (Å²) < 4.78 is 12.4. The van der Waals surface area contributed by atoms with Crippen LogP contribution in [-0.2, 0) is 11.4 Å². The van der Waals surface area contributed by atoms with Crippen molar-refractivity contribution in [1.29, 1.82) is 0 Å². The standard InChI is InChI=1S/C18H18BrNO4S/c1-23-15-8-12(19)7-13(17-20-14(10-25-17)18(21)22)16(15)24-9-11-5-3-2-4-6-11/h2-8,14,17,20H,9-10H2,1H3,(H,21,22). The Hall–Kier alpha value is -1.70. The number of carboxylic acids is 1. The third-order valence-electron chi connectivity index (χ3n) is 3.86. The molecular formula is C18H18BrNO4S. The van der Waals surface area contributed by atoms with Crippen molar-refractivity contribution >= 4 is 33.7 Å². The average molecular weight is 424 g/mol. The van der Waals surface area contributed by atoms with Gasteiger partial charge in [0.1, 0.15) is 12.6 Å². The van der Waals surface area contributed by atoms with E-state index < -0.39 is 12.0 Å². The predicted molar refractivity (Wildman–Crippen MR) is 101 cm³/mol. The highest BCUT2D eigenvalue weighted by Crippen LogP contribution is 2.44. The summed E-state index contributed by atoms with van der Waals surface area (Å²) in [6, 6.07) is 13.1. The number of hydrogen-bond acceptors (Lipinski definition) is 5. The van der Waals surface area contributed by atoms with Crippen molar-refractivity contribution in [3.05, 3.63) is 58.1 Å². The number of halogens is 1. The van der Waals surface area contributed by atoms with E-state index in [9.17, 15) is 9.90 Å². The molecule has 2 unspecified atom stereocenters. The first-order valence-corrected chi connectivity index (χ1v) is 9.57. The second kappa shape index (κ2) is 8.12. The molecule has 3 rings (SSSR count). The minimum absolute atomic E-state index is 0.168. The zero-order chi connectivity index (χ0) is 17.8. The number of nitrogens with one attached hydrogen (secondary N) is 1. The summed E-state index contributed by atoms with van der Waals surface area (Å²) in [5.41, 5.74) is 1.92. The summed E-state index contributed by atoms with van der Waals surface area (Å²) in [5.74, 6) is 0.906. The van der Waals surface area contributed by atoms with Gasteiger partial charge in [0.15, 0.2) is 11.5 Å². The number of carbonyl (C=O) groups is 1. The van der Waals surface area contributed by atoms with Gasteiger partial charge in [-0.15, -0.1) is 11.8 Å². The maximum Gasteiger partial charge on any atom is 0.321 e. The second-order valence-corrected chi connectivity index (χ2v) is 7.63. The Morgan fingerprint density at radius 3 is 2.76 bits per heavy atom. The summed E-state index contributed by atoms with van der Waals surface area (Å²) in [7, 11) is 1.59. The van der Waals surface area contributed by atoms with Crippen LogP contribution in [-0.4, -0.2) is 30.0 Å². The van der Waals surface area contributed by atoms with Crippen LogP contribution in [0.2, 0.25) is 0 Å². The van der Waals surface area contributed by atoms with E-state index in [2.05, 4.69) is 21.2 Å². The third-order valence-corrected chi connectivity index (χ3v) is 5.56. The second-order valence-electron chi connectivity index (χ2n) is 5.57. The first-order chi connectivity index (χ1) is 12.1. The van der Waals surface area contributed by atoms with E-state index in [1.165, 1.54) is 0 Å². The fourth-order valence-electron chi connectivity index (χ4n) is 2.61. The number of thioether (sulfide) groups is 1. The Morgan fingerprint density at radius 2 is 2.12 bits per heavy atom. The molecule has 0 aliphatic carbocycles. The molecular weight excluding hydrogens is 406 g/mol. The molecule has 0 amide bonds. The minimum Gasteiger partial charge on any atom is -0.493 e. The van der Waals surface area contributed by atoms with Gasteiger partial charge in [-0.1, -0.05) is 46.3 Å². The van der Waals surface area contributed by atoms with E-state index in [0.29, 0.717) is 23.9 Å². The minimum atomic E-state index is -0.844. The molecule has 0 radical (unpaired) electrons. The van der Waals surface area contributed by atoms with Crippen molar-refractivity contribution in [2.24, 2.45) is 0 Å². The molecule has 0 spiro atoms. The maximum absolute atomic E-state index is 11.2. The van der Waals surface area contributed by atoms with Crippen molar-refractivity contribution in [3.8, 4) is 11.5 Å². The van der Waals surface area contributed by atoms with E-state index in [4.69, 9.17) is 9.47 Å². The fraction of sp³-hybridized carbons (Fsp3) is 0.278. The first kappa shape index (κ1) is 18.1. The van der Waals surface area contributed by atoms with Gasteiger partial charge in [0.2, 0.25) is 0 Å². The smallest absolute Gasteiger partial charge is 0.321 e. The number of rotatable bonds is 6. The first-order valence-electron chi connectivity index (χ1n) is 7.73. The van der Waals surface area contributed by atoms with Crippen LogP contribution in [0.15, 0.2) is 46.9 Å². The van der Waals surface area contributed by atoms with Crippen LogP contribution in [0.1, 0.15) is 16.5 Å². The Balaban J connectivity index is 1.88. The SMILES string of the molecule is COc1cc(Br)cc(C2NC(C(=O)O)CS2)c1OCc1ccccc1. The zero-order valence-corrected chi connectivity index (χ0v) is 16.0. The van der Waals surface area contributed by atoms with Gasteiger partial charge in [-0.3, -0.25) is 10.1 Å². The van der Waals surface area contributed by atoms with Gasteiger partial charge in [-0.25, -0.2) is 0 Å². The molecule has 2 aromatic rings. The highest BCUT2D eigenvalue weighted by molar-refractivity contribution is 9.10. The van der Waals surface area contributed by atoms with Crippen LogP contribution in [0.5, 0.6) is 11.5 Å². The van der Waals surface area contributed by atoms with Gasteiger partial charge >= 0.3 is 5.97 Å². The monoisotopic (exact) mass is 423 g/mol. The molecule has 2 N–H and O–H groups in total. The van der Waals surface area contributed by atoms with Gasteiger partial charge in [0.25, 0.3) is 0 Å². The largest absolute Gasteiger partial charge is 0.493 e. The molecule has 132 valence electrons. The normalized spacial score (nSPS) is 19.6. The summed E-state index contributed by atoms with van der Waals surface area (Å²) >= 11 is 5.03. The molecule has 7 heteroatoms. The number of methoxy groups -OCH3 is 1.